The molecule has 0 bridgehead atoms. The van der Waals surface area contributed by atoms with Crippen LogP contribution in [0.2, 0.25) is 0 Å². The van der Waals surface area contributed by atoms with E-state index in [-0.39, 0.29) is 5.95 Å². The fourth-order valence-electron chi connectivity index (χ4n) is 1.82. The van der Waals surface area contributed by atoms with E-state index >= 15 is 0 Å². The minimum absolute atomic E-state index is 0.261. The summed E-state index contributed by atoms with van der Waals surface area (Å²) >= 11 is 0. The van der Waals surface area contributed by atoms with Gasteiger partial charge in [0.25, 0.3) is 0 Å². The lowest BCUT2D eigenvalue weighted by Crippen LogP contribution is -2.10. The van der Waals surface area contributed by atoms with Crippen molar-refractivity contribution < 1.29 is 4.74 Å². The third kappa shape index (κ3) is 5.18. The molecule has 0 fully saturated rings. The van der Waals surface area contributed by atoms with E-state index in [1.165, 1.54) is 0 Å². The van der Waals surface area contributed by atoms with E-state index in [9.17, 15) is 0 Å². The third-order valence-electron chi connectivity index (χ3n) is 2.74. The first kappa shape index (κ1) is 14.9. The van der Waals surface area contributed by atoms with Gasteiger partial charge in [-0.05, 0) is 25.5 Å². The van der Waals surface area contributed by atoms with Crippen LogP contribution in [0, 0.1) is 0 Å². The minimum atomic E-state index is 0.261. The Morgan fingerprint density at radius 3 is 2.52 bits per heavy atom. The molecule has 0 aliphatic heterocycles. The summed E-state index contributed by atoms with van der Waals surface area (Å²) in [7, 11) is 0. The summed E-state index contributed by atoms with van der Waals surface area (Å²) in [6.45, 7) is 4.21. The largest absolute Gasteiger partial charge is 0.494 e. The first-order chi connectivity index (χ1) is 10.3. The van der Waals surface area contributed by atoms with Gasteiger partial charge >= 0.3 is 0 Å². The smallest absolute Gasteiger partial charge is 0.223 e. The molecule has 2 aromatic rings. The van der Waals surface area contributed by atoms with Crippen molar-refractivity contribution in [3.8, 4) is 5.75 Å². The molecular weight excluding hydrogens is 266 g/mol. The normalized spacial score (nSPS) is 10.1. The average molecular weight is 287 g/mol. The fraction of sp³-hybridized carbons (Fsp3) is 0.333. The molecule has 0 unspecified atom stereocenters. The number of nitrogens with one attached hydrogen (secondary N) is 2. The zero-order valence-corrected chi connectivity index (χ0v) is 12.2. The predicted octanol–water partition coefficient (Wildman–Crippen LogP) is 2.37. The monoisotopic (exact) mass is 287 g/mol. The number of nitrogens with two attached hydrogens (primary N) is 1. The summed E-state index contributed by atoms with van der Waals surface area (Å²) in [6, 6.07) is 11.6. The molecule has 1 aromatic carbocycles. The zero-order valence-electron chi connectivity index (χ0n) is 12.2. The van der Waals surface area contributed by atoms with Gasteiger partial charge in [0.2, 0.25) is 5.95 Å². The summed E-state index contributed by atoms with van der Waals surface area (Å²) in [5.74, 6) is 2.60. The van der Waals surface area contributed by atoms with Crippen molar-refractivity contribution in [2.45, 2.75) is 13.3 Å². The highest BCUT2D eigenvalue weighted by molar-refractivity contribution is 5.50. The standard InChI is InChI=1S/C15H21N5O/c1-2-17-13-11-14(20-15(16)19-13)18-9-6-10-21-12-7-4-3-5-8-12/h3-5,7-8,11H,2,6,9-10H2,1H3,(H4,16,17,18,19,20). The lowest BCUT2D eigenvalue weighted by molar-refractivity contribution is 0.315. The van der Waals surface area contributed by atoms with E-state index < -0.39 is 0 Å². The molecule has 21 heavy (non-hydrogen) atoms. The number of hydrogen-bond acceptors (Lipinski definition) is 6. The summed E-state index contributed by atoms with van der Waals surface area (Å²) in [4.78, 5) is 8.25. The molecule has 0 saturated carbocycles. The number of anilines is 3. The highest BCUT2D eigenvalue weighted by Crippen LogP contribution is 2.12. The lowest BCUT2D eigenvalue weighted by atomic mass is 10.3. The van der Waals surface area contributed by atoms with Gasteiger partial charge in [-0.3, -0.25) is 0 Å². The van der Waals surface area contributed by atoms with E-state index in [0.29, 0.717) is 6.61 Å². The molecule has 0 amide bonds. The Kier molecular flexibility index (Phi) is 5.63. The van der Waals surface area contributed by atoms with Crippen molar-refractivity contribution in [1.29, 1.82) is 0 Å². The quantitative estimate of drug-likeness (QED) is 0.646. The Morgan fingerprint density at radius 2 is 1.81 bits per heavy atom. The van der Waals surface area contributed by atoms with Crippen molar-refractivity contribution in [3.05, 3.63) is 36.4 Å². The first-order valence-corrected chi connectivity index (χ1v) is 7.08. The number of hydrogen-bond donors (Lipinski definition) is 3. The SMILES string of the molecule is CCNc1cc(NCCCOc2ccccc2)nc(N)n1. The van der Waals surface area contributed by atoms with Gasteiger partial charge < -0.3 is 21.1 Å². The zero-order chi connectivity index (χ0) is 14.9. The number of nitrogens with zero attached hydrogens (tertiary/aromatic N) is 2. The van der Waals surface area contributed by atoms with Gasteiger partial charge in [0.15, 0.2) is 0 Å². The van der Waals surface area contributed by atoms with Gasteiger partial charge in [0.05, 0.1) is 6.61 Å². The van der Waals surface area contributed by atoms with Crippen LogP contribution in [0.3, 0.4) is 0 Å². The molecular formula is C15H21N5O. The van der Waals surface area contributed by atoms with Gasteiger partial charge in [-0.25, -0.2) is 0 Å². The number of rotatable bonds is 8. The summed E-state index contributed by atoms with van der Waals surface area (Å²) in [6.07, 6.45) is 0.870. The Labute approximate surface area is 124 Å². The molecule has 0 aliphatic carbocycles. The van der Waals surface area contributed by atoms with Crippen LogP contribution in [0.5, 0.6) is 5.75 Å². The van der Waals surface area contributed by atoms with Crippen LogP contribution in [0.4, 0.5) is 17.6 Å². The molecule has 6 nitrogen and oxygen atoms in total. The van der Waals surface area contributed by atoms with Crippen molar-refractivity contribution in [3.63, 3.8) is 0 Å². The van der Waals surface area contributed by atoms with Crippen molar-refractivity contribution in [2.24, 2.45) is 0 Å². The number of aromatic nitrogens is 2. The van der Waals surface area contributed by atoms with Crippen LogP contribution < -0.4 is 21.1 Å². The maximum absolute atomic E-state index is 5.67. The van der Waals surface area contributed by atoms with Crippen LogP contribution in [-0.2, 0) is 0 Å². The molecule has 2 rings (SSSR count). The maximum Gasteiger partial charge on any atom is 0.223 e. The average Bonchev–Trinajstić information content (AvgIpc) is 2.48. The minimum Gasteiger partial charge on any atom is -0.494 e. The van der Waals surface area contributed by atoms with Crippen molar-refractivity contribution in [1.82, 2.24) is 9.97 Å². The summed E-state index contributed by atoms with van der Waals surface area (Å²) < 4.78 is 5.62. The second kappa shape index (κ2) is 7.94. The van der Waals surface area contributed by atoms with Crippen LogP contribution in [0.15, 0.2) is 36.4 Å². The highest BCUT2D eigenvalue weighted by atomic mass is 16.5. The number of benzene rings is 1. The Bertz CT molecular complexity index is 547. The van der Waals surface area contributed by atoms with Gasteiger partial charge in [-0.2, -0.15) is 9.97 Å². The van der Waals surface area contributed by atoms with Crippen LogP contribution in [0.1, 0.15) is 13.3 Å². The number of ether oxygens (including phenoxy) is 1. The maximum atomic E-state index is 5.67. The van der Waals surface area contributed by atoms with Crippen molar-refractivity contribution >= 4 is 17.6 Å². The molecule has 1 heterocycles. The number of para-hydroxylation sites is 1. The highest BCUT2D eigenvalue weighted by Gasteiger charge is 2.01. The summed E-state index contributed by atoms with van der Waals surface area (Å²) in [5, 5.41) is 6.34. The molecule has 112 valence electrons. The Hall–Kier alpha value is -2.50. The third-order valence-corrected chi connectivity index (χ3v) is 2.74. The van der Waals surface area contributed by atoms with E-state index in [4.69, 9.17) is 10.5 Å². The molecule has 0 aliphatic rings. The molecule has 0 radical (unpaired) electrons. The molecule has 0 saturated heterocycles. The van der Waals surface area contributed by atoms with Crippen LogP contribution >= 0.6 is 0 Å². The topological polar surface area (TPSA) is 85.1 Å². The van der Waals surface area contributed by atoms with Gasteiger partial charge in [0.1, 0.15) is 17.4 Å². The Balaban J connectivity index is 1.73. The van der Waals surface area contributed by atoms with Gasteiger partial charge in [0, 0.05) is 19.2 Å². The van der Waals surface area contributed by atoms with Gasteiger partial charge in [-0.15, -0.1) is 0 Å². The first-order valence-electron chi connectivity index (χ1n) is 7.08. The second-order valence-electron chi connectivity index (χ2n) is 4.47. The molecule has 4 N–H and O–H groups in total. The fourth-order valence-corrected chi connectivity index (χ4v) is 1.82. The molecule has 6 heteroatoms. The Morgan fingerprint density at radius 1 is 1.10 bits per heavy atom. The summed E-state index contributed by atoms with van der Waals surface area (Å²) in [5.41, 5.74) is 5.67. The van der Waals surface area contributed by atoms with Gasteiger partial charge in [-0.1, -0.05) is 18.2 Å². The van der Waals surface area contributed by atoms with E-state index in [2.05, 4.69) is 20.6 Å². The molecule has 1 aromatic heterocycles. The van der Waals surface area contributed by atoms with Crippen molar-refractivity contribution in [2.75, 3.05) is 36.1 Å². The van der Waals surface area contributed by atoms with Crippen LogP contribution in [-0.4, -0.2) is 29.7 Å². The van der Waals surface area contributed by atoms with E-state index in [1.54, 1.807) is 0 Å². The number of nitrogen functional groups attached to an aromatic ring is 1. The van der Waals surface area contributed by atoms with E-state index in [0.717, 1.165) is 36.9 Å². The predicted molar refractivity (Wildman–Crippen MR) is 85.7 cm³/mol. The second-order valence-corrected chi connectivity index (χ2v) is 4.47. The van der Waals surface area contributed by atoms with E-state index in [1.807, 2.05) is 43.3 Å². The molecule has 0 spiro atoms. The lowest BCUT2D eigenvalue weighted by Gasteiger charge is -2.09. The van der Waals surface area contributed by atoms with Crippen LogP contribution in [0.25, 0.3) is 0 Å². The molecule has 0 atom stereocenters.